The number of nitrogens with one attached hydrogen (secondary N) is 1. The third-order valence-corrected chi connectivity index (χ3v) is 2.80. The lowest BCUT2D eigenvalue weighted by atomic mass is 10.1. The highest BCUT2D eigenvalue weighted by atomic mass is 16.5. The van der Waals surface area contributed by atoms with Gasteiger partial charge in [0.2, 0.25) is 0 Å². The summed E-state index contributed by atoms with van der Waals surface area (Å²) >= 11 is 0. The summed E-state index contributed by atoms with van der Waals surface area (Å²) in [5, 5.41) is 3.23. The Morgan fingerprint density at radius 2 is 2.00 bits per heavy atom. The van der Waals surface area contributed by atoms with Crippen LogP contribution in [0.1, 0.15) is 12.8 Å². The Hall–Kier alpha value is -1.02. The SMILES string of the molecule is CNCC1(COc2ccccc2)CC1. The summed E-state index contributed by atoms with van der Waals surface area (Å²) in [6, 6.07) is 10.0. The van der Waals surface area contributed by atoms with Crippen molar-refractivity contribution < 1.29 is 4.74 Å². The minimum atomic E-state index is 0.421. The first-order chi connectivity index (χ1) is 6.85. The molecule has 0 unspecified atom stereocenters. The lowest BCUT2D eigenvalue weighted by molar-refractivity contribution is 0.232. The van der Waals surface area contributed by atoms with Crippen molar-refractivity contribution in [3.8, 4) is 5.75 Å². The molecule has 0 bridgehead atoms. The zero-order valence-corrected chi connectivity index (χ0v) is 8.62. The van der Waals surface area contributed by atoms with Crippen LogP contribution < -0.4 is 10.1 Å². The number of hydrogen-bond donors (Lipinski definition) is 1. The van der Waals surface area contributed by atoms with Crippen LogP contribution in [0.2, 0.25) is 0 Å². The molecule has 1 aliphatic carbocycles. The average molecular weight is 191 g/mol. The molecule has 0 heterocycles. The summed E-state index contributed by atoms with van der Waals surface area (Å²) in [5.74, 6) is 0.981. The molecule has 2 rings (SSSR count). The van der Waals surface area contributed by atoms with E-state index in [4.69, 9.17) is 4.74 Å². The Morgan fingerprint density at radius 3 is 2.57 bits per heavy atom. The average Bonchev–Trinajstić information content (AvgIpc) is 2.98. The van der Waals surface area contributed by atoms with Gasteiger partial charge in [-0.25, -0.2) is 0 Å². The molecule has 0 aliphatic heterocycles. The third-order valence-electron chi connectivity index (χ3n) is 2.80. The van der Waals surface area contributed by atoms with Gasteiger partial charge in [-0.15, -0.1) is 0 Å². The molecule has 14 heavy (non-hydrogen) atoms. The maximum Gasteiger partial charge on any atom is 0.119 e. The first kappa shape index (κ1) is 9.53. The number of benzene rings is 1. The standard InChI is InChI=1S/C12H17NO/c1-13-9-12(7-8-12)10-14-11-5-3-2-4-6-11/h2-6,13H,7-10H2,1H3. The molecule has 1 saturated carbocycles. The third kappa shape index (κ3) is 2.26. The molecule has 76 valence electrons. The van der Waals surface area contributed by atoms with E-state index in [9.17, 15) is 0 Å². The normalized spacial score (nSPS) is 17.8. The highest BCUT2D eigenvalue weighted by Crippen LogP contribution is 2.45. The summed E-state index contributed by atoms with van der Waals surface area (Å²) < 4.78 is 5.75. The molecule has 0 saturated heterocycles. The van der Waals surface area contributed by atoms with E-state index in [1.54, 1.807) is 0 Å². The predicted molar refractivity (Wildman–Crippen MR) is 57.5 cm³/mol. The molecule has 0 amide bonds. The van der Waals surface area contributed by atoms with Crippen molar-refractivity contribution in [3.63, 3.8) is 0 Å². The molecular formula is C12H17NO. The van der Waals surface area contributed by atoms with E-state index >= 15 is 0 Å². The van der Waals surface area contributed by atoms with E-state index in [1.165, 1.54) is 12.8 Å². The Kier molecular flexibility index (Phi) is 2.73. The molecule has 0 spiro atoms. The maximum absolute atomic E-state index is 5.75. The highest BCUT2D eigenvalue weighted by molar-refractivity contribution is 5.21. The highest BCUT2D eigenvalue weighted by Gasteiger charge is 2.42. The van der Waals surface area contributed by atoms with Crippen LogP contribution in [0.5, 0.6) is 5.75 Å². The molecule has 1 aliphatic rings. The predicted octanol–water partition coefficient (Wildman–Crippen LogP) is 2.06. The number of rotatable bonds is 5. The molecule has 0 radical (unpaired) electrons. The Bertz CT molecular complexity index is 280. The van der Waals surface area contributed by atoms with Gasteiger partial charge in [0.05, 0.1) is 6.61 Å². The fourth-order valence-corrected chi connectivity index (χ4v) is 1.68. The largest absolute Gasteiger partial charge is 0.493 e. The van der Waals surface area contributed by atoms with Crippen LogP contribution in [0.3, 0.4) is 0 Å². The lowest BCUT2D eigenvalue weighted by Gasteiger charge is -2.15. The van der Waals surface area contributed by atoms with Crippen LogP contribution in [0.25, 0.3) is 0 Å². The second kappa shape index (κ2) is 4.01. The van der Waals surface area contributed by atoms with E-state index < -0.39 is 0 Å². The van der Waals surface area contributed by atoms with Gasteiger partial charge >= 0.3 is 0 Å². The van der Waals surface area contributed by atoms with Crippen molar-refractivity contribution in [1.29, 1.82) is 0 Å². The zero-order chi connectivity index (χ0) is 9.86. The van der Waals surface area contributed by atoms with Gasteiger partial charge in [-0.05, 0) is 32.0 Å². The molecule has 2 heteroatoms. The Morgan fingerprint density at radius 1 is 1.29 bits per heavy atom. The minimum absolute atomic E-state index is 0.421. The summed E-state index contributed by atoms with van der Waals surface area (Å²) in [6.45, 7) is 1.91. The van der Waals surface area contributed by atoms with Gasteiger partial charge < -0.3 is 10.1 Å². The maximum atomic E-state index is 5.75. The van der Waals surface area contributed by atoms with Crippen LogP contribution in [0, 0.1) is 5.41 Å². The van der Waals surface area contributed by atoms with E-state index in [1.807, 2.05) is 37.4 Å². The van der Waals surface area contributed by atoms with Gasteiger partial charge in [-0.1, -0.05) is 18.2 Å². The second-order valence-electron chi connectivity index (χ2n) is 4.13. The Balaban J connectivity index is 1.83. The van der Waals surface area contributed by atoms with Crippen molar-refractivity contribution in [1.82, 2.24) is 5.32 Å². The van der Waals surface area contributed by atoms with Gasteiger partial charge in [0.15, 0.2) is 0 Å². The van der Waals surface area contributed by atoms with Crippen LogP contribution in [0.15, 0.2) is 30.3 Å². The monoisotopic (exact) mass is 191 g/mol. The van der Waals surface area contributed by atoms with Crippen molar-refractivity contribution in [2.24, 2.45) is 5.41 Å². The smallest absolute Gasteiger partial charge is 0.119 e. The van der Waals surface area contributed by atoms with E-state index in [2.05, 4.69) is 5.32 Å². The van der Waals surface area contributed by atoms with Crippen molar-refractivity contribution in [3.05, 3.63) is 30.3 Å². The fraction of sp³-hybridized carbons (Fsp3) is 0.500. The molecule has 0 atom stereocenters. The molecule has 0 aromatic heterocycles. The van der Waals surface area contributed by atoms with Gasteiger partial charge in [-0.2, -0.15) is 0 Å². The first-order valence-corrected chi connectivity index (χ1v) is 5.17. The van der Waals surface area contributed by atoms with Gasteiger partial charge in [-0.3, -0.25) is 0 Å². The van der Waals surface area contributed by atoms with E-state index in [0.29, 0.717) is 5.41 Å². The molecule has 1 aromatic carbocycles. The number of hydrogen-bond acceptors (Lipinski definition) is 2. The molecule has 1 N–H and O–H groups in total. The minimum Gasteiger partial charge on any atom is -0.493 e. The fourth-order valence-electron chi connectivity index (χ4n) is 1.68. The Labute approximate surface area is 85.3 Å². The van der Waals surface area contributed by atoms with Crippen molar-refractivity contribution >= 4 is 0 Å². The number of para-hydroxylation sites is 1. The first-order valence-electron chi connectivity index (χ1n) is 5.17. The second-order valence-corrected chi connectivity index (χ2v) is 4.13. The molecule has 2 nitrogen and oxygen atoms in total. The summed E-state index contributed by atoms with van der Waals surface area (Å²) in [5.41, 5.74) is 0.421. The van der Waals surface area contributed by atoms with Gasteiger partial charge in [0.25, 0.3) is 0 Å². The lowest BCUT2D eigenvalue weighted by Crippen LogP contribution is -2.25. The zero-order valence-electron chi connectivity index (χ0n) is 8.62. The molecule has 1 aromatic rings. The van der Waals surface area contributed by atoms with Crippen molar-refractivity contribution in [2.45, 2.75) is 12.8 Å². The van der Waals surface area contributed by atoms with Gasteiger partial charge in [0.1, 0.15) is 5.75 Å². The summed E-state index contributed by atoms with van der Waals surface area (Å²) in [6.07, 6.45) is 2.58. The van der Waals surface area contributed by atoms with E-state index in [-0.39, 0.29) is 0 Å². The van der Waals surface area contributed by atoms with Crippen LogP contribution in [-0.2, 0) is 0 Å². The van der Waals surface area contributed by atoms with Crippen LogP contribution in [0.4, 0.5) is 0 Å². The molecular weight excluding hydrogens is 174 g/mol. The summed E-state index contributed by atoms with van der Waals surface area (Å²) in [7, 11) is 2.00. The number of ether oxygens (including phenoxy) is 1. The summed E-state index contributed by atoms with van der Waals surface area (Å²) in [4.78, 5) is 0. The van der Waals surface area contributed by atoms with E-state index in [0.717, 1.165) is 18.9 Å². The van der Waals surface area contributed by atoms with Crippen LogP contribution in [-0.4, -0.2) is 20.2 Å². The molecule has 1 fully saturated rings. The van der Waals surface area contributed by atoms with Gasteiger partial charge in [0, 0.05) is 12.0 Å². The quantitative estimate of drug-likeness (QED) is 0.769. The van der Waals surface area contributed by atoms with Crippen molar-refractivity contribution in [2.75, 3.05) is 20.2 Å². The van der Waals surface area contributed by atoms with Crippen LogP contribution >= 0.6 is 0 Å². The topological polar surface area (TPSA) is 21.3 Å².